The smallest absolute Gasteiger partial charge is 0.219 e. The molecule has 3 rings (SSSR count). The average Bonchev–Trinajstić information content (AvgIpc) is 2.48. The standard InChI is InChI=1S/C18H26FN3O/c1-14(23)21-12-17-11-20(8-9-22(17)18(2,3)13-21)10-15-4-6-16(19)7-5-15/h4-7,17H,8-13H2,1-3H3/t17-/m0/s1. The molecule has 23 heavy (non-hydrogen) atoms. The number of nitrogens with zero attached hydrogens (tertiary/aromatic N) is 3. The molecule has 4 nitrogen and oxygen atoms in total. The summed E-state index contributed by atoms with van der Waals surface area (Å²) in [7, 11) is 0. The molecule has 1 atom stereocenters. The topological polar surface area (TPSA) is 26.8 Å². The molecule has 0 radical (unpaired) electrons. The van der Waals surface area contributed by atoms with E-state index in [9.17, 15) is 9.18 Å². The van der Waals surface area contributed by atoms with Crippen molar-refractivity contribution in [2.24, 2.45) is 0 Å². The second-order valence-electron chi connectivity index (χ2n) is 7.42. The van der Waals surface area contributed by atoms with E-state index in [0.717, 1.165) is 44.8 Å². The highest BCUT2D eigenvalue weighted by Crippen LogP contribution is 2.28. The van der Waals surface area contributed by atoms with Crippen molar-refractivity contribution in [2.75, 3.05) is 32.7 Å². The second-order valence-corrected chi connectivity index (χ2v) is 7.42. The quantitative estimate of drug-likeness (QED) is 0.834. The fraction of sp³-hybridized carbons (Fsp3) is 0.611. The lowest BCUT2D eigenvalue weighted by molar-refractivity contribution is -0.139. The molecular formula is C18H26FN3O. The Kier molecular flexibility index (Phi) is 4.43. The van der Waals surface area contributed by atoms with E-state index in [2.05, 4.69) is 23.6 Å². The molecular weight excluding hydrogens is 293 g/mol. The van der Waals surface area contributed by atoms with Gasteiger partial charge in [0.25, 0.3) is 0 Å². The minimum absolute atomic E-state index is 0.0244. The lowest BCUT2D eigenvalue weighted by atomic mass is 9.92. The molecule has 2 aliphatic rings. The minimum Gasteiger partial charge on any atom is -0.339 e. The molecule has 0 N–H and O–H groups in total. The van der Waals surface area contributed by atoms with E-state index in [1.165, 1.54) is 12.1 Å². The van der Waals surface area contributed by atoms with Crippen molar-refractivity contribution in [1.82, 2.24) is 14.7 Å². The molecule has 2 fully saturated rings. The van der Waals surface area contributed by atoms with Gasteiger partial charge in [0, 0.05) is 57.8 Å². The molecule has 1 amide bonds. The summed E-state index contributed by atoms with van der Waals surface area (Å²) in [5.74, 6) is -0.0296. The van der Waals surface area contributed by atoms with Crippen LogP contribution in [0.2, 0.25) is 0 Å². The Morgan fingerprint density at radius 1 is 1.22 bits per heavy atom. The van der Waals surface area contributed by atoms with Gasteiger partial charge in [-0.3, -0.25) is 14.6 Å². The zero-order chi connectivity index (χ0) is 16.6. The Morgan fingerprint density at radius 3 is 2.57 bits per heavy atom. The van der Waals surface area contributed by atoms with Crippen LogP contribution in [0.25, 0.3) is 0 Å². The van der Waals surface area contributed by atoms with Gasteiger partial charge in [0.2, 0.25) is 5.91 Å². The number of benzene rings is 1. The number of rotatable bonds is 2. The van der Waals surface area contributed by atoms with E-state index < -0.39 is 0 Å². The number of halogens is 1. The summed E-state index contributed by atoms with van der Waals surface area (Å²) in [5.41, 5.74) is 1.16. The molecule has 2 aliphatic heterocycles. The highest BCUT2D eigenvalue weighted by atomic mass is 19.1. The maximum atomic E-state index is 13.0. The molecule has 5 heteroatoms. The summed E-state index contributed by atoms with van der Waals surface area (Å²) in [5, 5.41) is 0. The first kappa shape index (κ1) is 16.4. The summed E-state index contributed by atoms with van der Waals surface area (Å²) in [6.45, 7) is 11.5. The van der Waals surface area contributed by atoms with Crippen molar-refractivity contribution in [3.8, 4) is 0 Å². The van der Waals surface area contributed by atoms with Gasteiger partial charge < -0.3 is 4.90 Å². The van der Waals surface area contributed by atoms with Crippen LogP contribution >= 0.6 is 0 Å². The predicted molar refractivity (Wildman–Crippen MR) is 88.5 cm³/mol. The molecule has 0 saturated carbocycles. The first-order valence-corrected chi connectivity index (χ1v) is 8.34. The van der Waals surface area contributed by atoms with Gasteiger partial charge in [-0.2, -0.15) is 0 Å². The van der Waals surface area contributed by atoms with E-state index >= 15 is 0 Å². The zero-order valence-corrected chi connectivity index (χ0v) is 14.3. The summed E-state index contributed by atoms with van der Waals surface area (Å²) < 4.78 is 13.0. The SMILES string of the molecule is CC(=O)N1C[C@@H]2CN(Cc3ccc(F)cc3)CCN2C(C)(C)C1. The fourth-order valence-electron chi connectivity index (χ4n) is 3.98. The van der Waals surface area contributed by atoms with E-state index in [-0.39, 0.29) is 17.3 Å². The van der Waals surface area contributed by atoms with E-state index in [1.54, 1.807) is 6.92 Å². The molecule has 126 valence electrons. The Hall–Kier alpha value is -1.46. The van der Waals surface area contributed by atoms with Crippen molar-refractivity contribution in [2.45, 2.75) is 38.9 Å². The molecule has 0 aliphatic carbocycles. The number of carbonyl (C=O) groups is 1. The Labute approximate surface area is 137 Å². The van der Waals surface area contributed by atoms with Crippen molar-refractivity contribution in [3.05, 3.63) is 35.6 Å². The normalized spacial score (nSPS) is 25.2. The van der Waals surface area contributed by atoms with Crippen LogP contribution in [0.15, 0.2) is 24.3 Å². The van der Waals surface area contributed by atoms with Gasteiger partial charge in [-0.05, 0) is 31.5 Å². The number of fused-ring (bicyclic) bond motifs is 1. The lowest BCUT2D eigenvalue weighted by Crippen LogP contribution is -2.70. The first-order valence-electron chi connectivity index (χ1n) is 8.34. The maximum Gasteiger partial charge on any atom is 0.219 e. The molecule has 2 heterocycles. The van der Waals surface area contributed by atoms with Crippen molar-refractivity contribution in [3.63, 3.8) is 0 Å². The van der Waals surface area contributed by atoms with Gasteiger partial charge in [-0.15, -0.1) is 0 Å². The van der Waals surface area contributed by atoms with Crippen LogP contribution in [-0.4, -0.2) is 64.9 Å². The maximum absolute atomic E-state index is 13.0. The third-order valence-electron chi connectivity index (χ3n) is 5.12. The highest BCUT2D eigenvalue weighted by Gasteiger charge is 2.43. The van der Waals surface area contributed by atoms with Gasteiger partial charge >= 0.3 is 0 Å². The Bertz CT molecular complexity index is 572. The van der Waals surface area contributed by atoms with E-state index in [1.807, 2.05) is 17.0 Å². The van der Waals surface area contributed by atoms with Gasteiger partial charge in [-0.25, -0.2) is 4.39 Å². The van der Waals surface area contributed by atoms with Crippen LogP contribution < -0.4 is 0 Å². The number of hydrogen-bond acceptors (Lipinski definition) is 3. The van der Waals surface area contributed by atoms with Gasteiger partial charge in [-0.1, -0.05) is 12.1 Å². The summed E-state index contributed by atoms with van der Waals surface area (Å²) >= 11 is 0. The summed E-state index contributed by atoms with van der Waals surface area (Å²) in [6.07, 6.45) is 0. The van der Waals surface area contributed by atoms with Gasteiger partial charge in [0.15, 0.2) is 0 Å². The van der Waals surface area contributed by atoms with Crippen molar-refractivity contribution < 1.29 is 9.18 Å². The third kappa shape index (κ3) is 3.56. The molecule has 0 unspecified atom stereocenters. The number of amides is 1. The van der Waals surface area contributed by atoms with Gasteiger partial charge in [0.1, 0.15) is 5.82 Å². The zero-order valence-electron chi connectivity index (χ0n) is 14.3. The molecule has 1 aromatic rings. The summed E-state index contributed by atoms with van der Waals surface area (Å²) in [4.78, 5) is 18.8. The second kappa shape index (κ2) is 6.21. The monoisotopic (exact) mass is 319 g/mol. The van der Waals surface area contributed by atoms with Crippen LogP contribution in [-0.2, 0) is 11.3 Å². The largest absolute Gasteiger partial charge is 0.339 e. The summed E-state index contributed by atoms with van der Waals surface area (Å²) in [6, 6.07) is 7.12. The third-order valence-corrected chi connectivity index (χ3v) is 5.12. The Morgan fingerprint density at radius 2 is 1.91 bits per heavy atom. The van der Waals surface area contributed by atoms with Crippen LogP contribution in [0.1, 0.15) is 26.3 Å². The van der Waals surface area contributed by atoms with Crippen LogP contribution in [0.5, 0.6) is 0 Å². The first-order chi connectivity index (χ1) is 10.8. The number of hydrogen-bond donors (Lipinski definition) is 0. The number of carbonyl (C=O) groups excluding carboxylic acids is 1. The van der Waals surface area contributed by atoms with Gasteiger partial charge in [0.05, 0.1) is 0 Å². The molecule has 0 aromatic heterocycles. The van der Waals surface area contributed by atoms with Crippen LogP contribution in [0.4, 0.5) is 4.39 Å². The molecule has 1 aromatic carbocycles. The van der Waals surface area contributed by atoms with E-state index in [4.69, 9.17) is 0 Å². The Balaban J connectivity index is 1.68. The molecule has 0 bridgehead atoms. The highest BCUT2D eigenvalue weighted by molar-refractivity contribution is 5.73. The average molecular weight is 319 g/mol. The molecule has 0 spiro atoms. The molecule has 2 saturated heterocycles. The lowest BCUT2D eigenvalue weighted by Gasteiger charge is -2.55. The predicted octanol–water partition coefficient (Wildman–Crippen LogP) is 1.95. The van der Waals surface area contributed by atoms with Crippen LogP contribution in [0, 0.1) is 5.82 Å². The van der Waals surface area contributed by atoms with Crippen molar-refractivity contribution in [1.29, 1.82) is 0 Å². The number of piperazine rings is 2. The van der Waals surface area contributed by atoms with E-state index in [0.29, 0.717) is 6.04 Å². The van der Waals surface area contributed by atoms with Crippen LogP contribution in [0.3, 0.4) is 0 Å². The van der Waals surface area contributed by atoms with Crippen molar-refractivity contribution >= 4 is 5.91 Å². The minimum atomic E-state index is -0.190. The fourth-order valence-corrected chi connectivity index (χ4v) is 3.98.